The molecule has 0 saturated carbocycles. The van der Waals surface area contributed by atoms with Crippen molar-refractivity contribution < 1.29 is 18.5 Å². The van der Waals surface area contributed by atoms with Crippen molar-refractivity contribution in [3.8, 4) is 33.8 Å². The number of benzene rings is 4. The minimum Gasteiger partial charge on any atom is -0.394 e. The van der Waals surface area contributed by atoms with E-state index >= 15 is 0 Å². The third-order valence-corrected chi connectivity index (χ3v) is 9.55. The second kappa shape index (κ2) is 8.66. The quantitative estimate of drug-likeness (QED) is 0.232. The molecule has 0 radical (unpaired) electrons. The lowest BCUT2D eigenvalue weighted by Crippen LogP contribution is -2.25. The summed E-state index contributed by atoms with van der Waals surface area (Å²) in [6, 6.07) is 18.3. The number of hydrogen-bond acceptors (Lipinski definition) is 3. The van der Waals surface area contributed by atoms with Gasteiger partial charge >= 0.3 is 7.82 Å². The van der Waals surface area contributed by atoms with Crippen molar-refractivity contribution in [2.45, 2.75) is 31.1 Å². The maximum atomic E-state index is 13.6. The number of aryl methyl sites for hydroxylation is 2. The van der Waals surface area contributed by atoms with Gasteiger partial charge < -0.3 is 9.05 Å². The van der Waals surface area contributed by atoms with Crippen molar-refractivity contribution in [2.75, 3.05) is 0 Å². The summed E-state index contributed by atoms with van der Waals surface area (Å²) in [5, 5.41) is 1.84. The lowest BCUT2D eigenvalue weighted by molar-refractivity contribution is 0.281. The molecule has 4 aromatic rings. The summed E-state index contributed by atoms with van der Waals surface area (Å²) in [4.78, 5) is 11.1. The molecule has 2 aliphatic carbocycles. The molecule has 4 nitrogen and oxygen atoms in total. The van der Waals surface area contributed by atoms with E-state index in [0.29, 0.717) is 53.8 Å². The predicted molar refractivity (Wildman–Crippen MR) is 152 cm³/mol. The molecule has 3 aliphatic rings. The Hall–Kier alpha value is -2.17. The van der Waals surface area contributed by atoms with E-state index in [1.54, 1.807) is 36.4 Å². The number of rotatable bonds is 2. The Morgan fingerprint density at radius 1 is 0.658 bits per heavy atom. The maximum absolute atomic E-state index is 13.6. The molecule has 1 aliphatic heterocycles. The molecule has 1 heterocycles. The van der Waals surface area contributed by atoms with Gasteiger partial charge in [-0.2, -0.15) is 0 Å². The summed E-state index contributed by atoms with van der Waals surface area (Å²) in [6.07, 6.45) is 3.28. The van der Waals surface area contributed by atoms with Crippen LogP contribution in [0, 0.1) is 0 Å². The van der Waals surface area contributed by atoms with Gasteiger partial charge in [0.05, 0.1) is 0 Å². The van der Waals surface area contributed by atoms with Gasteiger partial charge in [-0.1, -0.05) is 70.7 Å². The summed E-state index contributed by atoms with van der Waals surface area (Å²) in [5.74, 6) is 0.692. The number of halogens is 4. The molecular weight excluding hydrogens is 585 g/mol. The molecule has 192 valence electrons. The highest BCUT2D eigenvalue weighted by atomic mass is 35.5. The Bertz CT molecular complexity index is 1570. The Kier molecular flexibility index (Phi) is 5.66. The van der Waals surface area contributed by atoms with Crippen LogP contribution in [0.2, 0.25) is 20.1 Å². The van der Waals surface area contributed by atoms with Gasteiger partial charge in [-0.3, -0.25) is 4.89 Å². The van der Waals surface area contributed by atoms with E-state index in [9.17, 15) is 9.46 Å². The normalized spacial score (nSPS) is 17.6. The van der Waals surface area contributed by atoms with E-state index < -0.39 is 13.2 Å². The first-order chi connectivity index (χ1) is 18.1. The Labute approximate surface area is 239 Å². The zero-order chi connectivity index (χ0) is 26.4. The van der Waals surface area contributed by atoms with Crippen molar-refractivity contribution in [2.24, 2.45) is 0 Å². The third-order valence-electron chi connectivity index (χ3n) is 7.85. The van der Waals surface area contributed by atoms with Gasteiger partial charge in [0.1, 0.15) is 11.5 Å². The second-order valence-corrected chi connectivity index (χ2v) is 13.1. The van der Waals surface area contributed by atoms with E-state index in [2.05, 4.69) is 12.1 Å². The van der Waals surface area contributed by atoms with E-state index in [1.165, 1.54) is 0 Å². The molecule has 1 N–H and O–H groups in total. The zero-order valence-electron chi connectivity index (χ0n) is 19.7. The lowest BCUT2D eigenvalue weighted by Gasteiger charge is -2.34. The Morgan fingerprint density at radius 2 is 1.05 bits per heavy atom. The van der Waals surface area contributed by atoms with Crippen molar-refractivity contribution >= 4 is 54.2 Å². The van der Waals surface area contributed by atoms with Crippen LogP contribution in [0.5, 0.6) is 11.5 Å². The van der Waals surface area contributed by atoms with Crippen LogP contribution in [0.1, 0.15) is 35.1 Å². The molecule has 0 unspecified atom stereocenters. The molecule has 0 atom stereocenters. The SMILES string of the molecule is O=P1(O)Oc2c(-c3cc(Cl)cc(Cl)c3)ccc3c2C2(CC3)CCc3ccc(-c4cc(Cl)cc(Cl)c4)c(c32)O1. The average Bonchev–Trinajstić information content (AvgIpc) is 3.39. The fourth-order valence-electron chi connectivity index (χ4n) is 6.47. The summed E-state index contributed by atoms with van der Waals surface area (Å²) in [6.45, 7) is 0. The average molecular weight is 604 g/mol. The van der Waals surface area contributed by atoms with Crippen molar-refractivity contribution in [1.29, 1.82) is 0 Å². The molecule has 9 heteroatoms. The van der Waals surface area contributed by atoms with Crippen molar-refractivity contribution in [3.05, 3.63) is 103 Å². The van der Waals surface area contributed by atoms with Crippen LogP contribution < -0.4 is 9.05 Å². The lowest BCUT2D eigenvalue weighted by atomic mass is 9.74. The Balaban J connectivity index is 1.54. The first kappa shape index (κ1) is 24.8. The second-order valence-electron chi connectivity index (χ2n) is 10.0. The fourth-order valence-corrected chi connectivity index (χ4v) is 8.40. The van der Waals surface area contributed by atoms with Crippen LogP contribution in [0.3, 0.4) is 0 Å². The molecule has 0 fully saturated rings. The maximum Gasteiger partial charge on any atom is 0.584 e. The molecule has 1 spiro atoms. The van der Waals surface area contributed by atoms with Crippen LogP contribution in [0.25, 0.3) is 22.3 Å². The summed E-state index contributed by atoms with van der Waals surface area (Å²) >= 11 is 25.3. The van der Waals surface area contributed by atoms with Gasteiger partial charge in [-0.15, -0.1) is 0 Å². The molecule has 4 aromatic carbocycles. The summed E-state index contributed by atoms with van der Waals surface area (Å²) < 4.78 is 25.6. The van der Waals surface area contributed by atoms with E-state index in [0.717, 1.165) is 47.9 Å². The molecule has 38 heavy (non-hydrogen) atoms. The van der Waals surface area contributed by atoms with E-state index in [1.807, 2.05) is 12.1 Å². The molecule has 0 aromatic heterocycles. The van der Waals surface area contributed by atoms with Gasteiger partial charge in [0, 0.05) is 47.8 Å². The standard InChI is InChI=1S/C29H19Cl4O4P/c30-19-9-17(10-20(31)13-19)23-3-1-15-5-7-29-8-6-16-2-4-24(18-11-21(32)14-22(33)12-18)28(26(16)29)37-38(34,35)36-27(23)25(15)29/h1-4,9-14H,5-8H2,(H,34,35). The highest BCUT2D eigenvalue weighted by molar-refractivity contribution is 7.48. The van der Waals surface area contributed by atoms with Crippen LogP contribution in [0.15, 0.2) is 60.7 Å². The third kappa shape index (κ3) is 3.81. The molecule has 7 rings (SSSR count). The number of hydrogen-bond donors (Lipinski definition) is 1. The first-order valence-corrected chi connectivity index (χ1v) is 15.1. The van der Waals surface area contributed by atoms with Crippen LogP contribution >= 0.6 is 54.2 Å². The fraction of sp³-hybridized carbons (Fsp3) is 0.172. The highest BCUT2D eigenvalue weighted by Gasteiger charge is 2.52. The predicted octanol–water partition coefficient (Wildman–Crippen LogP) is 9.68. The smallest absolute Gasteiger partial charge is 0.394 e. The van der Waals surface area contributed by atoms with Crippen molar-refractivity contribution in [3.63, 3.8) is 0 Å². The van der Waals surface area contributed by atoms with Gasteiger partial charge in [-0.05, 0) is 84.3 Å². The minimum atomic E-state index is -4.64. The first-order valence-electron chi connectivity index (χ1n) is 12.1. The van der Waals surface area contributed by atoms with Gasteiger partial charge in [0.15, 0.2) is 0 Å². The van der Waals surface area contributed by atoms with Crippen LogP contribution in [-0.2, 0) is 22.8 Å². The number of phosphoric acid groups is 1. The van der Waals surface area contributed by atoms with Crippen molar-refractivity contribution in [1.82, 2.24) is 0 Å². The van der Waals surface area contributed by atoms with Crippen LogP contribution in [0.4, 0.5) is 0 Å². The largest absolute Gasteiger partial charge is 0.584 e. The topological polar surface area (TPSA) is 55.8 Å². The zero-order valence-corrected chi connectivity index (χ0v) is 23.7. The van der Waals surface area contributed by atoms with Crippen LogP contribution in [-0.4, -0.2) is 4.89 Å². The van der Waals surface area contributed by atoms with Gasteiger partial charge in [0.25, 0.3) is 0 Å². The Morgan fingerprint density at radius 3 is 1.45 bits per heavy atom. The summed E-state index contributed by atoms with van der Waals surface area (Å²) in [5.41, 5.74) is 6.29. The van der Waals surface area contributed by atoms with Gasteiger partial charge in [-0.25, -0.2) is 4.57 Å². The summed E-state index contributed by atoms with van der Waals surface area (Å²) in [7, 11) is -4.64. The molecule has 0 saturated heterocycles. The van der Waals surface area contributed by atoms with Gasteiger partial charge in [0.2, 0.25) is 0 Å². The minimum absolute atomic E-state index is 0.346. The van der Waals surface area contributed by atoms with E-state index in [-0.39, 0.29) is 0 Å². The highest BCUT2D eigenvalue weighted by Crippen LogP contribution is 2.65. The molecule has 0 bridgehead atoms. The van der Waals surface area contributed by atoms with E-state index in [4.69, 9.17) is 55.5 Å². The molecular formula is C29H19Cl4O4P. The number of phosphoric ester groups is 1. The monoisotopic (exact) mass is 602 g/mol. The molecule has 0 amide bonds.